The zero-order chi connectivity index (χ0) is 9.94. The molecule has 0 aromatic rings. The predicted molar refractivity (Wildman–Crippen MR) is 64.8 cm³/mol. The molecule has 0 unspecified atom stereocenters. The fourth-order valence-corrected chi connectivity index (χ4v) is 1.45. The van der Waals surface area contributed by atoms with Crippen LogP contribution >= 0.6 is 0 Å². The quantitative estimate of drug-likeness (QED) is 0.289. The first-order valence-electron chi connectivity index (χ1n) is 5.92. The Morgan fingerprint density at radius 2 is 1.62 bits per heavy atom. The van der Waals surface area contributed by atoms with E-state index in [-0.39, 0.29) is 0 Å². The Bertz CT molecular complexity index is 116. The second kappa shape index (κ2) is 9.89. The second-order valence-electron chi connectivity index (χ2n) is 4.27. The molecule has 0 nitrogen and oxygen atoms in total. The van der Waals surface area contributed by atoms with Crippen molar-refractivity contribution in [3.8, 4) is 0 Å². The average Bonchev–Trinajstić information content (AvgIpc) is 2.09. The molecule has 0 amide bonds. The fourth-order valence-electron chi connectivity index (χ4n) is 1.45. The summed E-state index contributed by atoms with van der Waals surface area (Å²) in [5.41, 5.74) is 0. The molecule has 0 atom stereocenters. The van der Waals surface area contributed by atoms with Crippen LogP contribution in [-0.4, -0.2) is 6.71 Å². The van der Waals surface area contributed by atoms with Crippen molar-refractivity contribution < 1.29 is 0 Å². The first-order valence-corrected chi connectivity index (χ1v) is 5.92. The lowest BCUT2D eigenvalue weighted by Gasteiger charge is -2.00. The first-order chi connectivity index (χ1) is 6.27. The van der Waals surface area contributed by atoms with E-state index in [2.05, 4.69) is 32.7 Å². The number of unbranched alkanes of at least 4 members (excludes halogenated alkanes) is 4. The molecule has 0 aromatic heterocycles. The van der Waals surface area contributed by atoms with Gasteiger partial charge in [-0.15, -0.1) is 0 Å². The molecule has 0 saturated carbocycles. The summed E-state index contributed by atoms with van der Waals surface area (Å²) in [6, 6.07) is 0. The van der Waals surface area contributed by atoms with Crippen molar-refractivity contribution >= 4 is 6.71 Å². The molecular formula is C12H25B. The highest BCUT2D eigenvalue weighted by Gasteiger charge is 1.96. The Morgan fingerprint density at radius 1 is 0.923 bits per heavy atom. The number of hydrogen-bond acceptors (Lipinski definition) is 0. The Labute approximate surface area is 84.9 Å². The third kappa shape index (κ3) is 11.8. The maximum Gasteiger partial charge on any atom is 0.133 e. The largest absolute Gasteiger partial charge is 0.133 e. The Morgan fingerprint density at radius 3 is 2.23 bits per heavy atom. The molecule has 13 heavy (non-hydrogen) atoms. The summed E-state index contributed by atoms with van der Waals surface area (Å²) in [5.74, 6) is 0. The lowest BCUT2D eigenvalue weighted by Crippen LogP contribution is -1.97. The van der Waals surface area contributed by atoms with Crippen LogP contribution in [0.2, 0.25) is 20.0 Å². The van der Waals surface area contributed by atoms with E-state index in [1.165, 1.54) is 44.8 Å². The van der Waals surface area contributed by atoms with Crippen molar-refractivity contribution in [2.24, 2.45) is 0 Å². The summed E-state index contributed by atoms with van der Waals surface area (Å²) in [6.45, 7) is 7.70. The summed E-state index contributed by atoms with van der Waals surface area (Å²) in [4.78, 5) is 0. The highest BCUT2D eigenvalue weighted by molar-refractivity contribution is 6.55. The number of allylic oxidation sites excluding steroid dienone is 2. The van der Waals surface area contributed by atoms with Crippen LogP contribution in [-0.2, 0) is 0 Å². The van der Waals surface area contributed by atoms with Crippen LogP contribution in [0, 0.1) is 0 Å². The molecule has 0 N–H and O–H groups in total. The molecule has 0 rings (SSSR count). The molecule has 0 heterocycles. The standard InChI is InChI=1S/C12H25B/c1-4-5-6-7-8-9-10-11-12-13(2)3/h5-6H,4,7-12H2,1-3H3. The van der Waals surface area contributed by atoms with Gasteiger partial charge >= 0.3 is 0 Å². The zero-order valence-corrected chi connectivity index (χ0v) is 9.68. The smallest absolute Gasteiger partial charge is 0.0888 e. The molecule has 1 heteroatoms. The van der Waals surface area contributed by atoms with Gasteiger partial charge in [0.25, 0.3) is 0 Å². The normalized spacial score (nSPS) is 11.0. The Kier molecular flexibility index (Phi) is 9.74. The molecule has 0 spiro atoms. The van der Waals surface area contributed by atoms with Gasteiger partial charge in [-0.05, 0) is 19.3 Å². The van der Waals surface area contributed by atoms with Crippen LogP contribution in [0.25, 0.3) is 0 Å². The minimum atomic E-state index is 0.889. The molecule has 0 bridgehead atoms. The van der Waals surface area contributed by atoms with E-state index >= 15 is 0 Å². The lowest BCUT2D eigenvalue weighted by atomic mass is 9.51. The van der Waals surface area contributed by atoms with E-state index in [0.29, 0.717) is 0 Å². The second-order valence-corrected chi connectivity index (χ2v) is 4.27. The van der Waals surface area contributed by atoms with Crippen molar-refractivity contribution in [1.29, 1.82) is 0 Å². The summed E-state index contributed by atoms with van der Waals surface area (Å²) in [7, 11) is 0. The summed E-state index contributed by atoms with van der Waals surface area (Å²) >= 11 is 0. The van der Waals surface area contributed by atoms with Gasteiger partial charge in [0.05, 0.1) is 0 Å². The molecule has 0 saturated heterocycles. The van der Waals surface area contributed by atoms with E-state index in [4.69, 9.17) is 0 Å². The van der Waals surface area contributed by atoms with E-state index < -0.39 is 0 Å². The lowest BCUT2D eigenvalue weighted by molar-refractivity contribution is 0.671. The van der Waals surface area contributed by atoms with Gasteiger partial charge in [0.2, 0.25) is 0 Å². The van der Waals surface area contributed by atoms with Crippen molar-refractivity contribution in [3.63, 3.8) is 0 Å². The molecule has 0 fully saturated rings. The monoisotopic (exact) mass is 180 g/mol. The van der Waals surface area contributed by atoms with Crippen LogP contribution in [0.15, 0.2) is 12.2 Å². The molecule has 0 aliphatic rings. The van der Waals surface area contributed by atoms with Gasteiger partial charge in [0.15, 0.2) is 0 Å². The maximum atomic E-state index is 2.32. The summed E-state index contributed by atoms with van der Waals surface area (Å²) in [6.07, 6.45) is 14.1. The average molecular weight is 180 g/mol. The van der Waals surface area contributed by atoms with Gasteiger partial charge in [-0.25, -0.2) is 0 Å². The minimum Gasteiger partial charge on any atom is -0.0888 e. The summed E-state index contributed by atoms with van der Waals surface area (Å²) in [5, 5.41) is 0. The molecule has 76 valence electrons. The van der Waals surface area contributed by atoms with E-state index in [0.717, 1.165) is 6.71 Å². The van der Waals surface area contributed by atoms with Crippen LogP contribution in [0.1, 0.15) is 45.4 Å². The summed E-state index contributed by atoms with van der Waals surface area (Å²) < 4.78 is 0. The zero-order valence-electron chi connectivity index (χ0n) is 9.68. The Balaban J connectivity index is 2.95. The first kappa shape index (κ1) is 12.8. The van der Waals surface area contributed by atoms with Crippen molar-refractivity contribution in [1.82, 2.24) is 0 Å². The molecule has 0 aliphatic heterocycles. The predicted octanol–water partition coefficient (Wildman–Crippen LogP) is 4.66. The third-order valence-corrected chi connectivity index (χ3v) is 2.30. The molecule has 0 radical (unpaired) electrons. The van der Waals surface area contributed by atoms with Gasteiger partial charge in [-0.1, -0.05) is 58.3 Å². The highest BCUT2D eigenvalue weighted by atomic mass is 13.9. The van der Waals surface area contributed by atoms with Gasteiger partial charge in [0, 0.05) is 0 Å². The van der Waals surface area contributed by atoms with Crippen LogP contribution < -0.4 is 0 Å². The van der Waals surface area contributed by atoms with Crippen LogP contribution in [0.3, 0.4) is 0 Å². The minimum absolute atomic E-state index is 0.889. The topological polar surface area (TPSA) is 0 Å². The van der Waals surface area contributed by atoms with Crippen molar-refractivity contribution in [2.45, 2.75) is 65.4 Å². The van der Waals surface area contributed by atoms with Gasteiger partial charge < -0.3 is 0 Å². The molecule has 0 aromatic carbocycles. The van der Waals surface area contributed by atoms with E-state index in [1.54, 1.807) is 0 Å². The van der Waals surface area contributed by atoms with E-state index in [1.807, 2.05) is 0 Å². The van der Waals surface area contributed by atoms with Gasteiger partial charge in [-0.2, -0.15) is 0 Å². The fraction of sp³-hybridized carbons (Fsp3) is 0.833. The van der Waals surface area contributed by atoms with Gasteiger partial charge in [-0.3, -0.25) is 0 Å². The van der Waals surface area contributed by atoms with Gasteiger partial charge in [0.1, 0.15) is 6.71 Å². The molecular weight excluding hydrogens is 155 g/mol. The van der Waals surface area contributed by atoms with Crippen LogP contribution in [0.4, 0.5) is 0 Å². The SMILES string of the molecule is CCC=CCCCCCCB(C)C. The third-order valence-electron chi connectivity index (χ3n) is 2.30. The number of rotatable bonds is 8. The Hall–Kier alpha value is -0.195. The maximum absolute atomic E-state index is 2.32. The highest BCUT2D eigenvalue weighted by Crippen LogP contribution is 2.08. The van der Waals surface area contributed by atoms with Crippen LogP contribution in [0.5, 0.6) is 0 Å². The number of hydrogen-bond donors (Lipinski definition) is 0. The van der Waals surface area contributed by atoms with E-state index in [9.17, 15) is 0 Å². The van der Waals surface area contributed by atoms with Crippen molar-refractivity contribution in [3.05, 3.63) is 12.2 Å². The molecule has 0 aliphatic carbocycles. The van der Waals surface area contributed by atoms with Crippen molar-refractivity contribution in [2.75, 3.05) is 0 Å².